The molecule has 0 radical (unpaired) electrons. The first-order valence-electron chi connectivity index (χ1n) is 2.69. The molecule has 0 bridgehead atoms. The Morgan fingerprint density at radius 2 is 1.75 bits per heavy atom. The predicted molar refractivity (Wildman–Crippen MR) is 29.4 cm³/mol. The Morgan fingerprint density at radius 1 is 1.25 bits per heavy atom. The third-order valence-electron chi connectivity index (χ3n) is 1.05. The fourth-order valence-electron chi connectivity index (χ4n) is 0.394. The Morgan fingerprint density at radius 3 is 1.88 bits per heavy atom. The summed E-state index contributed by atoms with van der Waals surface area (Å²) in [4.78, 5) is 0. The van der Waals surface area contributed by atoms with Crippen molar-refractivity contribution in [3.05, 3.63) is 0 Å². The standard InChI is InChI=1S/C5H12O3/c1-2-4(7)5(8)3-6/h4-8H,2-3H2,1H3/t4-,5+/m1/s1. The van der Waals surface area contributed by atoms with E-state index in [0.717, 1.165) is 0 Å². The maximum atomic E-state index is 8.72. The lowest BCUT2D eigenvalue weighted by Crippen LogP contribution is -2.28. The second-order valence-corrected chi connectivity index (χ2v) is 1.73. The molecule has 8 heavy (non-hydrogen) atoms. The average molecular weight is 120 g/mol. The van der Waals surface area contributed by atoms with E-state index in [1.807, 2.05) is 0 Å². The molecule has 0 unspecified atom stereocenters. The van der Waals surface area contributed by atoms with Crippen molar-refractivity contribution in [1.29, 1.82) is 0 Å². The number of hydrogen-bond acceptors (Lipinski definition) is 3. The van der Waals surface area contributed by atoms with E-state index in [1.165, 1.54) is 0 Å². The lowest BCUT2D eigenvalue weighted by molar-refractivity contribution is -0.0151. The van der Waals surface area contributed by atoms with Crippen LogP contribution in [0.5, 0.6) is 0 Å². The zero-order valence-electron chi connectivity index (χ0n) is 4.91. The molecule has 0 saturated carbocycles. The van der Waals surface area contributed by atoms with Crippen molar-refractivity contribution < 1.29 is 15.3 Å². The Kier molecular flexibility index (Phi) is 3.77. The fourth-order valence-corrected chi connectivity index (χ4v) is 0.394. The molecule has 0 aliphatic heterocycles. The summed E-state index contributed by atoms with van der Waals surface area (Å²) >= 11 is 0. The van der Waals surface area contributed by atoms with E-state index in [9.17, 15) is 0 Å². The number of rotatable bonds is 3. The number of hydrogen-bond donors (Lipinski definition) is 3. The van der Waals surface area contributed by atoms with E-state index in [4.69, 9.17) is 15.3 Å². The average Bonchev–Trinajstić information content (AvgIpc) is 1.84. The first kappa shape index (κ1) is 7.88. The van der Waals surface area contributed by atoms with Crippen molar-refractivity contribution in [2.75, 3.05) is 6.61 Å². The molecule has 0 spiro atoms. The minimum atomic E-state index is -0.972. The third kappa shape index (κ3) is 2.26. The van der Waals surface area contributed by atoms with E-state index >= 15 is 0 Å². The quantitative estimate of drug-likeness (QED) is 0.453. The van der Waals surface area contributed by atoms with E-state index < -0.39 is 12.2 Å². The summed E-state index contributed by atoms with van der Waals surface area (Å²) in [7, 11) is 0. The van der Waals surface area contributed by atoms with Crippen LogP contribution in [0.25, 0.3) is 0 Å². The lowest BCUT2D eigenvalue weighted by atomic mass is 10.2. The maximum Gasteiger partial charge on any atom is 0.103 e. The highest BCUT2D eigenvalue weighted by molar-refractivity contribution is 4.62. The Balaban J connectivity index is 3.29. The van der Waals surface area contributed by atoms with Crippen LogP contribution in [0, 0.1) is 0 Å². The maximum absolute atomic E-state index is 8.72. The zero-order valence-corrected chi connectivity index (χ0v) is 4.91. The van der Waals surface area contributed by atoms with E-state index in [2.05, 4.69) is 0 Å². The van der Waals surface area contributed by atoms with E-state index in [1.54, 1.807) is 6.92 Å². The molecule has 0 saturated heterocycles. The normalized spacial score (nSPS) is 18.0. The van der Waals surface area contributed by atoms with Gasteiger partial charge < -0.3 is 15.3 Å². The molecule has 0 aliphatic carbocycles. The summed E-state index contributed by atoms with van der Waals surface area (Å²) in [5.74, 6) is 0. The summed E-state index contributed by atoms with van der Waals surface area (Å²) in [5.41, 5.74) is 0. The van der Waals surface area contributed by atoms with Gasteiger partial charge in [0.25, 0.3) is 0 Å². The van der Waals surface area contributed by atoms with Crippen LogP contribution in [-0.2, 0) is 0 Å². The van der Waals surface area contributed by atoms with Crippen molar-refractivity contribution in [2.45, 2.75) is 25.6 Å². The molecular formula is C5H12O3. The highest BCUT2D eigenvalue weighted by Crippen LogP contribution is 1.95. The van der Waals surface area contributed by atoms with Gasteiger partial charge in [0.1, 0.15) is 6.10 Å². The molecule has 0 fully saturated rings. The first-order chi connectivity index (χ1) is 3.72. The van der Waals surface area contributed by atoms with Crippen LogP contribution in [0.1, 0.15) is 13.3 Å². The largest absolute Gasteiger partial charge is 0.394 e. The van der Waals surface area contributed by atoms with Crippen molar-refractivity contribution in [2.24, 2.45) is 0 Å². The summed E-state index contributed by atoms with van der Waals surface area (Å²) < 4.78 is 0. The molecule has 50 valence electrons. The Hall–Kier alpha value is -0.120. The minimum absolute atomic E-state index is 0.366. The number of aliphatic hydroxyl groups is 3. The molecule has 3 N–H and O–H groups in total. The van der Waals surface area contributed by atoms with Gasteiger partial charge in [-0.1, -0.05) is 6.92 Å². The topological polar surface area (TPSA) is 60.7 Å². The van der Waals surface area contributed by atoms with Gasteiger partial charge in [-0.15, -0.1) is 0 Å². The lowest BCUT2D eigenvalue weighted by Gasteiger charge is -2.11. The minimum Gasteiger partial charge on any atom is -0.394 e. The van der Waals surface area contributed by atoms with Crippen LogP contribution < -0.4 is 0 Å². The van der Waals surface area contributed by atoms with Crippen molar-refractivity contribution in [1.82, 2.24) is 0 Å². The van der Waals surface area contributed by atoms with Crippen LogP contribution in [0.3, 0.4) is 0 Å². The summed E-state index contributed by atoms with van der Waals surface area (Å²) in [5, 5.41) is 25.6. The molecule has 3 nitrogen and oxygen atoms in total. The molecular weight excluding hydrogens is 108 g/mol. The molecule has 0 rings (SSSR count). The van der Waals surface area contributed by atoms with Crippen molar-refractivity contribution in [3.63, 3.8) is 0 Å². The van der Waals surface area contributed by atoms with Gasteiger partial charge in [-0.2, -0.15) is 0 Å². The highest BCUT2D eigenvalue weighted by atomic mass is 16.4. The van der Waals surface area contributed by atoms with Gasteiger partial charge in [0.05, 0.1) is 12.7 Å². The van der Waals surface area contributed by atoms with Crippen LogP contribution >= 0.6 is 0 Å². The molecule has 0 aromatic rings. The Labute approximate surface area is 48.6 Å². The van der Waals surface area contributed by atoms with Crippen LogP contribution in [0.2, 0.25) is 0 Å². The van der Waals surface area contributed by atoms with E-state index in [-0.39, 0.29) is 6.61 Å². The highest BCUT2D eigenvalue weighted by Gasteiger charge is 2.10. The number of aliphatic hydroxyl groups excluding tert-OH is 3. The second kappa shape index (κ2) is 3.83. The molecule has 0 aliphatic rings. The molecule has 2 atom stereocenters. The summed E-state index contributed by atoms with van der Waals surface area (Å²) in [6.07, 6.45) is -1.28. The molecule has 0 aromatic heterocycles. The summed E-state index contributed by atoms with van der Waals surface area (Å²) in [6.45, 7) is 1.37. The smallest absolute Gasteiger partial charge is 0.103 e. The molecule has 3 heteroatoms. The van der Waals surface area contributed by atoms with Gasteiger partial charge in [-0.3, -0.25) is 0 Å². The molecule has 0 aromatic carbocycles. The summed E-state index contributed by atoms with van der Waals surface area (Å²) in [6, 6.07) is 0. The van der Waals surface area contributed by atoms with Gasteiger partial charge in [0.15, 0.2) is 0 Å². The van der Waals surface area contributed by atoms with Crippen LogP contribution in [0.15, 0.2) is 0 Å². The van der Waals surface area contributed by atoms with Gasteiger partial charge in [0, 0.05) is 0 Å². The predicted octanol–water partition coefficient (Wildman–Crippen LogP) is -0.890. The molecule has 0 heterocycles. The SMILES string of the molecule is CC[C@@H](O)[C@@H](O)CO. The van der Waals surface area contributed by atoms with Crippen molar-refractivity contribution >= 4 is 0 Å². The van der Waals surface area contributed by atoms with Crippen LogP contribution in [0.4, 0.5) is 0 Å². The fraction of sp³-hybridized carbons (Fsp3) is 1.00. The first-order valence-corrected chi connectivity index (χ1v) is 2.69. The van der Waals surface area contributed by atoms with Gasteiger partial charge in [-0.05, 0) is 6.42 Å². The second-order valence-electron chi connectivity index (χ2n) is 1.73. The Bertz CT molecular complexity index is 47.6. The van der Waals surface area contributed by atoms with Gasteiger partial charge >= 0.3 is 0 Å². The molecule has 0 amide bonds. The third-order valence-corrected chi connectivity index (χ3v) is 1.05. The van der Waals surface area contributed by atoms with Crippen LogP contribution in [-0.4, -0.2) is 34.1 Å². The van der Waals surface area contributed by atoms with Crippen molar-refractivity contribution in [3.8, 4) is 0 Å². The van der Waals surface area contributed by atoms with E-state index in [0.29, 0.717) is 6.42 Å². The van der Waals surface area contributed by atoms with Gasteiger partial charge in [0.2, 0.25) is 0 Å². The van der Waals surface area contributed by atoms with Gasteiger partial charge in [-0.25, -0.2) is 0 Å². The zero-order chi connectivity index (χ0) is 6.57. The monoisotopic (exact) mass is 120 g/mol.